The molecule has 1 atom stereocenters. The highest BCUT2D eigenvalue weighted by atomic mass is 16.5. The minimum absolute atomic E-state index is 0.0552. The van der Waals surface area contributed by atoms with E-state index in [2.05, 4.69) is 5.32 Å². The molecule has 0 heterocycles. The fraction of sp³-hybridized carbons (Fsp3) is 0.333. The third-order valence-corrected chi connectivity index (χ3v) is 2.49. The van der Waals surface area contributed by atoms with Crippen molar-refractivity contribution in [3.05, 3.63) is 23.8 Å². The molecule has 0 saturated carbocycles. The van der Waals surface area contributed by atoms with Crippen molar-refractivity contribution in [2.24, 2.45) is 5.92 Å². The fourth-order valence-electron chi connectivity index (χ4n) is 1.30. The number of carboxylic acid groups (broad SMARTS) is 1. The van der Waals surface area contributed by atoms with Gasteiger partial charge in [-0.2, -0.15) is 0 Å². The van der Waals surface area contributed by atoms with Crippen LogP contribution in [0.2, 0.25) is 0 Å². The van der Waals surface area contributed by atoms with Crippen LogP contribution in [0, 0.1) is 5.92 Å². The van der Waals surface area contributed by atoms with E-state index in [9.17, 15) is 9.59 Å². The van der Waals surface area contributed by atoms with Gasteiger partial charge in [0.1, 0.15) is 5.75 Å². The summed E-state index contributed by atoms with van der Waals surface area (Å²) < 4.78 is 4.97. The van der Waals surface area contributed by atoms with Gasteiger partial charge in [-0.1, -0.05) is 6.92 Å². The summed E-state index contributed by atoms with van der Waals surface area (Å²) in [5, 5.41) is 11.2. The lowest BCUT2D eigenvalue weighted by molar-refractivity contribution is -0.140. The average Bonchev–Trinajstić information content (AvgIpc) is 2.34. The smallest absolute Gasteiger partial charge is 0.308 e. The number of rotatable bonds is 5. The molecular formula is C12H16N2O4. The van der Waals surface area contributed by atoms with E-state index in [1.165, 1.54) is 26.2 Å². The van der Waals surface area contributed by atoms with Crippen LogP contribution >= 0.6 is 0 Å². The molecule has 18 heavy (non-hydrogen) atoms. The van der Waals surface area contributed by atoms with Crippen molar-refractivity contribution in [3.8, 4) is 5.75 Å². The van der Waals surface area contributed by atoms with Gasteiger partial charge in [-0.3, -0.25) is 9.59 Å². The van der Waals surface area contributed by atoms with Gasteiger partial charge in [-0.05, 0) is 12.1 Å². The van der Waals surface area contributed by atoms with Gasteiger partial charge in [0.15, 0.2) is 0 Å². The van der Waals surface area contributed by atoms with Crippen molar-refractivity contribution < 1.29 is 19.4 Å². The Morgan fingerprint density at radius 2 is 2.17 bits per heavy atom. The quantitative estimate of drug-likeness (QED) is 0.670. The molecule has 0 saturated heterocycles. The van der Waals surface area contributed by atoms with E-state index >= 15 is 0 Å². The second-order valence-electron chi connectivity index (χ2n) is 3.90. The summed E-state index contributed by atoms with van der Waals surface area (Å²) in [5.74, 6) is -1.45. The van der Waals surface area contributed by atoms with Gasteiger partial charge in [-0.25, -0.2) is 0 Å². The van der Waals surface area contributed by atoms with Crippen LogP contribution in [0.3, 0.4) is 0 Å². The molecule has 0 aliphatic heterocycles. The number of aliphatic carboxylic acids is 1. The number of nitrogen functional groups attached to an aromatic ring is 1. The number of nitrogens with two attached hydrogens (primary N) is 1. The molecule has 1 rings (SSSR count). The molecule has 1 aromatic rings. The summed E-state index contributed by atoms with van der Waals surface area (Å²) >= 11 is 0. The number of carbonyl (C=O) groups is 2. The molecule has 1 aromatic carbocycles. The number of hydrogen-bond donors (Lipinski definition) is 3. The number of ether oxygens (including phenoxy) is 1. The lowest BCUT2D eigenvalue weighted by Gasteiger charge is -2.10. The van der Waals surface area contributed by atoms with E-state index in [-0.39, 0.29) is 12.2 Å². The van der Waals surface area contributed by atoms with Gasteiger partial charge in [0.25, 0.3) is 5.91 Å². The Hall–Kier alpha value is -2.24. The summed E-state index contributed by atoms with van der Waals surface area (Å²) in [6.07, 6.45) is 0. The number of amides is 1. The van der Waals surface area contributed by atoms with Crippen LogP contribution in [0.4, 0.5) is 5.69 Å². The van der Waals surface area contributed by atoms with Gasteiger partial charge in [0.05, 0.1) is 18.6 Å². The zero-order valence-electron chi connectivity index (χ0n) is 10.3. The Kier molecular flexibility index (Phi) is 4.53. The highest BCUT2D eigenvalue weighted by Crippen LogP contribution is 2.19. The van der Waals surface area contributed by atoms with Crippen molar-refractivity contribution in [1.29, 1.82) is 0 Å². The van der Waals surface area contributed by atoms with E-state index in [0.717, 1.165) is 0 Å². The van der Waals surface area contributed by atoms with Crippen LogP contribution in [0.25, 0.3) is 0 Å². The zero-order valence-corrected chi connectivity index (χ0v) is 10.3. The van der Waals surface area contributed by atoms with Crippen molar-refractivity contribution in [2.75, 3.05) is 19.4 Å². The van der Waals surface area contributed by atoms with Crippen LogP contribution in [0.1, 0.15) is 17.3 Å². The van der Waals surface area contributed by atoms with E-state index in [0.29, 0.717) is 11.3 Å². The van der Waals surface area contributed by atoms with E-state index in [1.807, 2.05) is 0 Å². The van der Waals surface area contributed by atoms with Crippen molar-refractivity contribution >= 4 is 17.6 Å². The standard InChI is InChI=1S/C12H16N2O4/c1-7(12(16)17)6-14-11(15)9-4-3-8(18-2)5-10(9)13/h3-5,7H,6,13H2,1-2H3,(H,14,15)(H,16,17). The van der Waals surface area contributed by atoms with Gasteiger partial charge in [-0.15, -0.1) is 0 Å². The molecule has 1 unspecified atom stereocenters. The summed E-state index contributed by atoms with van der Waals surface area (Å²) in [6.45, 7) is 1.57. The molecule has 0 radical (unpaired) electrons. The Labute approximate surface area is 105 Å². The number of carbonyl (C=O) groups excluding carboxylic acids is 1. The number of methoxy groups -OCH3 is 1. The van der Waals surface area contributed by atoms with Gasteiger partial charge in [0.2, 0.25) is 0 Å². The highest BCUT2D eigenvalue weighted by Gasteiger charge is 2.14. The molecule has 1 amide bonds. The number of benzene rings is 1. The maximum absolute atomic E-state index is 11.8. The first-order chi connectivity index (χ1) is 8.45. The first-order valence-corrected chi connectivity index (χ1v) is 5.40. The van der Waals surface area contributed by atoms with Crippen LogP contribution < -0.4 is 15.8 Å². The first kappa shape index (κ1) is 13.8. The minimum Gasteiger partial charge on any atom is -0.497 e. The Morgan fingerprint density at radius 1 is 1.50 bits per heavy atom. The topological polar surface area (TPSA) is 102 Å². The normalized spacial score (nSPS) is 11.7. The second kappa shape index (κ2) is 5.90. The zero-order chi connectivity index (χ0) is 13.7. The molecule has 98 valence electrons. The summed E-state index contributed by atoms with van der Waals surface area (Å²) in [6, 6.07) is 4.69. The third kappa shape index (κ3) is 3.38. The maximum Gasteiger partial charge on any atom is 0.308 e. The Morgan fingerprint density at radius 3 is 2.67 bits per heavy atom. The van der Waals surface area contributed by atoms with Crippen molar-refractivity contribution in [1.82, 2.24) is 5.32 Å². The summed E-state index contributed by atoms with van der Waals surface area (Å²) in [5.41, 5.74) is 6.29. The summed E-state index contributed by atoms with van der Waals surface area (Å²) in [7, 11) is 1.50. The first-order valence-electron chi connectivity index (χ1n) is 5.40. The predicted molar refractivity (Wildman–Crippen MR) is 66.5 cm³/mol. The summed E-state index contributed by atoms with van der Waals surface area (Å²) in [4.78, 5) is 22.4. The molecule has 4 N–H and O–H groups in total. The average molecular weight is 252 g/mol. The largest absolute Gasteiger partial charge is 0.497 e. The van der Waals surface area contributed by atoms with Crippen LogP contribution in [-0.4, -0.2) is 30.6 Å². The molecule has 0 spiro atoms. The lowest BCUT2D eigenvalue weighted by atomic mass is 10.1. The maximum atomic E-state index is 11.8. The van der Waals surface area contributed by atoms with Crippen LogP contribution in [0.15, 0.2) is 18.2 Å². The molecule has 0 aliphatic carbocycles. The van der Waals surface area contributed by atoms with E-state index < -0.39 is 17.8 Å². The monoisotopic (exact) mass is 252 g/mol. The number of hydrogen-bond acceptors (Lipinski definition) is 4. The predicted octanol–water partition coefficient (Wildman–Crippen LogP) is 0.728. The number of anilines is 1. The molecule has 0 aromatic heterocycles. The second-order valence-corrected chi connectivity index (χ2v) is 3.90. The van der Waals surface area contributed by atoms with Crippen LogP contribution in [0.5, 0.6) is 5.75 Å². The molecule has 6 nitrogen and oxygen atoms in total. The third-order valence-electron chi connectivity index (χ3n) is 2.49. The van der Waals surface area contributed by atoms with E-state index in [1.54, 1.807) is 6.07 Å². The lowest BCUT2D eigenvalue weighted by Crippen LogP contribution is -2.31. The highest BCUT2D eigenvalue weighted by molar-refractivity contribution is 5.99. The number of nitrogens with one attached hydrogen (secondary N) is 1. The Balaban J connectivity index is 2.70. The molecular weight excluding hydrogens is 236 g/mol. The molecule has 0 aliphatic rings. The minimum atomic E-state index is -0.960. The molecule has 6 heteroatoms. The Bertz CT molecular complexity index is 459. The van der Waals surface area contributed by atoms with Gasteiger partial charge < -0.3 is 20.9 Å². The van der Waals surface area contributed by atoms with Gasteiger partial charge >= 0.3 is 5.97 Å². The van der Waals surface area contributed by atoms with Crippen molar-refractivity contribution in [3.63, 3.8) is 0 Å². The molecule has 0 bridgehead atoms. The number of carboxylic acids is 1. The molecule has 0 fully saturated rings. The van der Waals surface area contributed by atoms with Crippen LogP contribution in [-0.2, 0) is 4.79 Å². The van der Waals surface area contributed by atoms with E-state index in [4.69, 9.17) is 15.6 Å². The van der Waals surface area contributed by atoms with Crippen molar-refractivity contribution in [2.45, 2.75) is 6.92 Å². The van der Waals surface area contributed by atoms with Gasteiger partial charge in [0, 0.05) is 18.3 Å². The SMILES string of the molecule is COc1ccc(C(=O)NCC(C)C(=O)O)c(N)c1. The fourth-order valence-corrected chi connectivity index (χ4v) is 1.30.